The highest BCUT2D eigenvalue weighted by Crippen LogP contribution is 2.27. The van der Waals surface area contributed by atoms with E-state index in [1.807, 2.05) is 6.08 Å². The van der Waals surface area contributed by atoms with Crippen molar-refractivity contribution in [2.45, 2.75) is 423 Å². The molecule has 1 fully saturated rings. The Labute approximate surface area is 548 Å². The SMILES string of the molecule is CCCCC/C=C\C/C=C\C/C=C\CCCCCCCCCC(O)C(=O)NC(COC1OC(CO)C(O)C(O)C1OC(=O)CCCCCCCCCCCCCCCCCCCCCCCCCCCCC)C(O)/C=C/CCCCCCCCCCCCC. The molecule has 0 aromatic carbocycles. The van der Waals surface area contributed by atoms with E-state index < -0.39 is 67.4 Å². The van der Waals surface area contributed by atoms with E-state index >= 15 is 0 Å². The molecule has 0 aliphatic carbocycles. The zero-order valence-corrected chi connectivity index (χ0v) is 58.3. The smallest absolute Gasteiger partial charge is 0.306 e. The van der Waals surface area contributed by atoms with Gasteiger partial charge in [0.15, 0.2) is 12.4 Å². The second-order valence-electron chi connectivity index (χ2n) is 26.7. The van der Waals surface area contributed by atoms with Crippen molar-refractivity contribution in [1.82, 2.24) is 5.32 Å². The molecule has 8 atom stereocenters. The first-order valence-corrected chi connectivity index (χ1v) is 38.4. The molecular weight excluding hydrogens is 1110 g/mol. The molecule has 0 aromatic heterocycles. The van der Waals surface area contributed by atoms with Gasteiger partial charge in [-0.25, -0.2) is 0 Å². The molecule has 1 saturated heterocycles. The highest BCUT2D eigenvalue weighted by atomic mass is 16.7. The zero-order chi connectivity index (χ0) is 64.6. The molecule has 1 aliphatic heterocycles. The summed E-state index contributed by atoms with van der Waals surface area (Å²) >= 11 is 0. The number of hydrogen-bond acceptors (Lipinski definition) is 10. The van der Waals surface area contributed by atoms with Gasteiger partial charge < -0.3 is 45.1 Å². The largest absolute Gasteiger partial charge is 0.454 e. The number of ether oxygens (including phenoxy) is 3. The normalized spacial score (nSPS) is 18.3. The van der Waals surface area contributed by atoms with Gasteiger partial charge in [0.1, 0.15) is 24.4 Å². The van der Waals surface area contributed by atoms with E-state index in [0.29, 0.717) is 12.8 Å². The quantitative estimate of drug-likeness (QED) is 0.0195. The number of amides is 1. The van der Waals surface area contributed by atoms with E-state index in [1.165, 1.54) is 244 Å². The van der Waals surface area contributed by atoms with Crippen LogP contribution in [0.3, 0.4) is 0 Å². The predicted octanol–water partition coefficient (Wildman–Crippen LogP) is 20.3. The third-order valence-corrected chi connectivity index (χ3v) is 18.2. The lowest BCUT2D eigenvalue weighted by atomic mass is 9.99. The maximum atomic E-state index is 13.5. The van der Waals surface area contributed by atoms with Crippen molar-refractivity contribution in [2.24, 2.45) is 0 Å². The molecule has 0 saturated carbocycles. The molecule has 0 bridgehead atoms. The Bertz CT molecular complexity index is 1640. The van der Waals surface area contributed by atoms with E-state index in [9.17, 15) is 35.1 Å². The standard InChI is InChI=1S/C78H145NO10/c1-4-7-10-13-16-19-22-25-27-29-31-33-34-35-36-37-38-39-41-43-45-48-51-54-57-60-63-66-73(83)89-76-75(85)74(84)72(67-80)88-78(76)87-68-69(70(81)64-61-58-55-52-49-46-24-21-18-15-12-9-6-3)79-77(86)71(82)65-62-59-56-53-50-47-44-42-40-32-30-28-26-23-20-17-14-11-8-5-2/h17,20,26,28,32,40,61,64,69-72,74-76,78,80-82,84-85H,4-16,18-19,21-25,27,29-31,33-39,41-60,62-63,65-68H2,1-3H3,(H,79,86)/b20-17-,28-26-,40-32-,64-61+. The van der Waals surface area contributed by atoms with E-state index in [1.54, 1.807) is 6.08 Å². The van der Waals surface area contributed by atoms with Crippen LogP contribution in [0.4, 0.5) is 0 Å². The van der Waals surface area contributed by atoms with Crippen molar-refractivity contribution >= 4 is 11.9 Å². The fraction of sp³-hybridized carbons (Fsp3) is 0.872. The molecule has 1 amide bonds. The third kappa shape index (κ3) is 52.7. The van der Waals surface area contributed by atoms with Crippen LogP contribution in [-0.4, -0.2) is 99.6 Å². The summed E-state index contributed by atoms with van der Waals surface area (Å²) in [5.41, 5.74) is 0. The number of aliphatic hydroxyl groups excluding tert-OH is 5. The highest BCUT2D eigenvalue weighted by molar-refractivity contribution is 5.80. The molecule has 89 heavy (non-hydrogen) atoms. The minimum Gasteiger partial charge on any atom is -0.454 e. The van der Waals surface area contributed by atoms with Crippen molar-refractivity contribution in [3.05, 3.63) is 48.6 Å². The summed E-state index contributed by atoms with van der Waals surface area (Å²) in [7, 11) is 0. The van der Waals surface area contributed by atoms with Crippen LogP contribution in [0.15, 0.2) is 48.6 Å². The Balaban J connectivity index is 2.52. The van der Waals surface area contributed by atoms with Crippen molar-refractivity contribution < 1.29 is 49.3 Å². The number of aliphatic hydroxyl groups is 5. The first-order valence-electron chi connectivity index (χ1n) is 38.4. The van der Waals surface area contributed by atoms with Crippen LogP contribution < -0.4 is 5.32 Å². The predicted molar refractivity (Wildman–Crippen MR) is 375 cm³/mol. The Morgan fingerprint density at radius 2 is 0.775 bits per heavy atom. The number of carbonyl (C=O) groups is 2. The maximum Gasteiger partial charge on any atom is 0.306 e. The molecule has 0 aromatic rings. The summed E-state index contributed by atoms with van der Waals surface area (Å²) in [6.07, 6.45) is 73.0. The molecule has 11 heteroatoms. The molecule has 11 nitrogen and oxygen atoms in total. The number of unbranched alkanes of at least 4 members (excludes halogenated alkanes) is 47. The first kappa shape index (κ1) is 84.6. The molecule has 0 spiro atoms. The Morgan fingerprint density at radius 1 is 0.438 bits per heavy atom. The van der Waals surface area contributed by atoms with Gasteiger partial charge in [-0.15, -0.1) is 0 Å². The Morgan fingerprint density at radius 3 is 1.18 bits per heavy atom. The van der Waals surface area contributed by atoms with Gasteiger partial charge in [-0.05, 0) is 64.2 Å². The van der Waals surface area contributed by atoms with Crippen molar-refractivity contribution in [3.63, 3.8) is 0 Å². The van der Waals surface area contributed by atoms with Crippen molar-refractivity contribution in [2.75, 3.05) is 13.2 Å². The summed E-state index contributed by atoms with van der Waals surface area (Å²) in [4.78, 5) is 26.7. The summed E-state index contributed by atoms with van der Waals surface area (Å²) in [6, 6.07) is -1.03. The van der Waals surface area contributed by atoms with Crippen molar-refractivity contribution in [3.8, 4) is 0 Å². The summed E-state index contributed by atoms with van der Waals surface area (Å²) in [6.45, 7) is 5.82. The Kier molecular flexibility index (Phi) is 62.4. The summed E-state index contributed by atoms with van der Waals surface area (Å²) < 4.78 is 17.7. The number of esters is 1. The number of rotatable bonds is 67. The van der Waals surface area contributed by atoms with Gasteiger partial charge in [-0.1, -0.05) is 352 Å². The van der Waals surface area contributed by atoms with Crippen LogP contribution in [0.5, 0.6) is 0 Å². The minimum atomic E-state index is -1.61. The van der Waals surface area contributed by atoms with Gasteiger partial charge in [-0.3, -0.25) is 9.59 Å². The van der Waals surface area contributed by atoms with Crippen LogP contribution in [-0.2, 0) is 23.8 Å². The van der Waals surface area contributed by atoms with E-state index in [4.69, 9.17) is 14.2 Å². The van der Waals surface area contributed by atoms with Gasteiger partial charge in [0.2, 0.25) is 5.91 Å². The van der Waals surface area contributed by atoms with Crippen LogP contribution in [0, 0.1) is 0 Å². The average molecular weight is 1260 g/mol. The Hall–Kier alpha value is -2.38. The summed E-state index contributed by atoms with van der Waals surface area (Å²) in [5, 5.41) is 57.4. The first-order chi connectivity index (χ1) is 43.7. The van der Waals surface area contributed by atoms with Crippen molar-refractivity contribution in [1.29, 1.82) is 0 Å². The third-order valence-electron chi connectivity index (χ3n) is 18.2. The van der Waals surface area contributed by atoms with Crippen LogP contribution >= 0.6 is 0 Å². The van der Waals surface area contributed by atoms with Gasteiger partial charge >= 0.3 is 5.97 Å². The van der Waals surface area contributed by atoms with Crippen LogP contribution in [0.25, 0.3) is 0 Å². The summed E-state index contributed by atoms with van der Waals surface area (Å²) in [5.74, 6) is -1.19. The average Bonchev–Trinajstić information content (AvgIpc) is 3.14. The molecule has 522 valence electrons. The fourth-order valence-corrected chi connectivity index (χ4v) is 12.2. The van der Waals surface area contributed by atoms with E-state index in [-0.39, 0.29) is 19.4 Å². The second-order valence-corrected chi connectivity index (χ2v) is 26.7. The zero-order valence-electron chi connectivity index (χ0n) is 58.3. The lowest BCUT2D eigenvalue weighted by molar-refractivity contribution is -0.305. The van der Waals surface area contributed by atoms with E-state index in [0.717, 1.165) is 83.5 Å². The van der Waals surface area contributed by atoms with Gasteiger partial charge in [0, 0.05) is 6.42 Å². The van der Waals surface area contributed by atoms with Gasteiger partial charge in [0.25, 0.3) is 0 Å². The molecule has 1 aliphatic rings. The molecule has 8 unspecified atom stereocenters. The number of nitrogens with one attached hydrogen (secondary N) is 1. The number of carbonyl (C=O) groups excluding carboxylic acids is 2. The number of hydrogen-bond donors (Lipinski definition) is 6. The molecule has 6 N–H and O–H groups in total. The van der Waals surface area contributed by atoms with Crippen LogP contribution in [0.1, 0.15) is 374 Å². The maximum absolute atomic E-state index is 13.5. The van der Waals surface area contributed by atoms with E-state index in [2.05, 4.69) is 62.5 Å². The highest BCUT2D eigenvalue weighted by Gasteiger charge is 2.47. The molecule has 1 heterocycles. The molecule has 1 rings (SSSR count). The van der Waals surface area contributed by atoms with Gasteiger partial charge in [-0.2, -0.15) is 0 Å². The lowest BCUT2D eigenvalue weighted by Gasteiger charge is -2.41. The molecule has 0 radical (unpaired) electrons. The fourth-order valence-electron chi connectivity index (χ4n) is 12.2. The van der Waals surface area contributed by atoms with Crippen LogP contribution in [0.2, 0.25) is 0 Å². The van der Waals surface area contributed by atoms with Gasteiger partial charge in [0.05, 0.1) is 25.4 Å². The number of allylic oxidation sites excluding steroid dienone is 7. The topological polar surface area (TPSA) is 175 Å². The monoisotopic (exact) mass is 1260 g/mol. The second kappa shape index (κ2) is 65.7. The minimum absolute atomic E-state index is 0.127. The molecular formula is C78H145NO10. The lowest BCUT2D eigenvalue weighted by Crippen LogP contribution is -2.61.